The number of hydrogen-bond donors (Lipinski definition) is 4. The average molecular weight is 611 g/mol. The van der Waals surface area contributed by atoms with E-state index in [0.717, 1.165) is 11.3 Å². The summed E-state index contributed by atoms with van der Waals surface area (Å²) in [5.41, 5.74) is -2.44. The molecular formula is C29H46N4O8S. The molecule has 42 heavy (non-hydrogen) atoms. The van der Waals surface area contributed by atoms with Crippen molar-refractivity contribution >= 4 is 33.8 Å². The Balaban J connectivity index is 1.71. The minimum Gasteiger partial charge on any atom is -0.465 e. The van der Waals surface area contributed by atoms with E-state index in [4.69, 9.17) is 0 Å². The van der Waals surface area contributed by atoms with Gasteiger partial charge in [-0.2, -0.15) is 0 Å². The summed E-state index contributed by atoms with van der Waals surface area (Å²) in [4.78, 5) is 56.4. The molecule has 7 atom stereocenters. The van der Waals surface area contributed by atoms with Gasteiger partial charge in [0.15, 0.2) is 0 Å². The van der Waals surface area contributed by atoms with Crippen molar-refractivity contribution < 1.29 is 37.8 Å². The summed E-state index contributed by atoms with van der Waals surface area (Å²) in [6, 6.07) is -2.27. The fraction of sp³-hybridized carbons (Fsp3) is 0.793. The number of nitrogens with zero attached hydrogens (tertiary/aromatic N) is 2. The highest BCUT2D eigenvalue weighted by atomic mass is 32.2. The molecule has 1 unspecified atom stereocenters. The van der Waals surface area contributed by atoms with Gasteiger partial charge in [0.25, 0.3) is 5.91 Å². The highest BCUT2D eigenvalue weighted by molar-refractivity contribution is 7.91. The lowest BCUT2D eigenvalue weighted by atomic mass is 9.85. The molecular weight excluding hydrogens is 564 g/mol. The monoisotopic (exact) mass is 610 g/mol. The average Bonchev–Trinajstić information content (AvgIpc) is 3.74. The van der Waals surface area contributed by atoms with Crippen molar-refractivity contribution in [1.29, 1.82) is 0 Å². The molecule has 13 heteroatoms. The fourth-order valence-electron chi connectivity index (χ4n) is 6.50. The molecule has 0 radical (unpaired) electrons. The van der Waals surface area contributed by atoms with Crippen LogP contribution in [0.25, 0.3) is 0 Å². The van der Waals surface area contributed by atoms with Gasteiger partial charge in [0.05, 0.1) is 10.9 Å². The Kier molecular flexibility index (Phi) is 8.53. The first-order valence-corrected chi connectivity index (χ1v) is 16.4. The number of carboxylic acid groups (broad SMARTS) is 1. The van der Waals surface area contributed by atoms with E-state index in [9.17, 15) is 37.8 Å². The molecule has 4 rings (SSSR count). The molecule has 1 saturated heterocycles. The maximum Gasteiger partial charge on any atom is 0.408 e. The van der Waals surface area contributed by atoms with Gasteiger partial charge in [-0.1, -0.05) is 26.0 Å². The van der Waals surface area contributed by atoms with E-state index >= 15 is 0 Å². The molecule has 3 fully saturated rings. The van der Waals surface area contributed by atoms with Crippen molar-refractivity contribution in [3.63, 3.8) is 0 Å². The van der Waals surface area contributed by atoms with Gasteiger partial charge >= 0.3 is 6.09 Å². The van der Waals surface area contributed by atoms with Crippen LogP contribution in [0.5, 0.6) is 0 Å². The van der Waals surface area contributed by atoms with E-state index in [1.807, 2.05) is 26.0 Å². The van der Waals surface area contributed by atoms with E-state index in [2.05, 4.69) is 10.0 Å². The van der Waals surface area contributed by atoms with E-state index in [-0.39, 0.29) is 25.3 Å². The first-order valence-electron chi connectivity index (χ1n) is 14.9. The van der Waals surface area contributed by atoms with E-state index in [0.29, 0.717) is 25.7 Å². The summed E-state index contributed by atoms with van der Waals surface area (Å²) in [5.74, 6) is -2.77. The van der Waals surface area contributed by atoms with Crippen molar-refractivity contribution in [2.75, 3.05) is 6.54 Å². The lowest BCUT2D eigenvalue weighted by molar-refractivity contribution is -0.146. The van der Waals surface area contributed by atoms with Crippen LogP contribution < -0.4 is 10.0 Å². The van der Waals surface area contributed by atoms with Gasteiger partial charge in [0, 0.05) is 24.4 Å². The minimum atomic E-state index is -3.96. The number of nitrogens with one attached hydrogen (secondary N) is 2. The van der Waals surface area contributed by atoms with E-state index in [1.54, 1.807) is 27.7 Å². The molecule has 4 aliphatic rings. The summed E-state index contributed by atoms with van der Waals surface area (Å²) >= 11 is 0. The van der Waals surface area contributed by atoms with Crippen LogP contribution >= 0.6 is 0 Å². The second-order valence-corrected chi connectivity index (χ2v) is 16.3. The van der Waals surface area contributed by atoms with Gasteiger partial charge in [-0.3, -0.25) is 24.0 Å². The molecule has 4 N–H and O–H groups in total. The zero-order chi connectivity index (χ0) is 31.4. The standard InChI is InChI=1S/C29H46N4O8S/c1-17-9-7-8-10-19-15-29(19,25(37)31-42(40,41)28(6)11-12-28)30-23(35)21-14-20(34)16-32(21)24(36)22(18(2)13-17)33(26(38)39)27(3,4)5/h8,10,17-22,34H,7,9,11-16H2,1-6H3,(H,30,35)(H,31,37)(H,38,39)/t17?,18-,19-,20-,21+,22+,29-/m1/s1. The molecule has 12 nitrogen and oxygen atoms in total. The summed E-state index contributed by atoms with van der Waals surface area (Å²) in [6.45, 7) is 10.4. The van der Waals surface area contributed by atoms with Gasteiger partial charge in [-0.05, 0) is 78.1 Å². The van der Waals surface area contributed by atoms with Gasteiger partial charge in [0.2, 0.25) is 21.8 Å². The van der Waals surface area contributed by atoms with E-state index in [1.165, 1.54) is 4.90 Å². The molecule has 0 aromatic rings. The second-order valence-electron chi connectivity index (χ2n) is 14.1. The van der Waals surface area contributed by atoms with Crippen LogP contribution in [0.3, 0.4) is 0 Å². The Hall–Kier alpha value is -2.67. The summed E-state index contributed by atoms with van der Waals surface area (Å²) in [6.07, 6.45) is 4.43. The quantitative estimate of drug-likeness (QED) is 0.350. The zero-order valence-electron chi connectivity index (χ0n) is 25.4. The van der Waals surface area contributed by atoms with Gasteiger partial charge in [-0.25, -0.2) is 13.2 Å². The Bertz CT molecular complexity index is 1260. The number of aliphatic hydroxyl groups excluding tert-OH is 1. The van der Waals surface area contributed by atoms with Crippen molar-refractivity contribution in [3.8, 4) is 0 Å². The molecule has 0 aromatic heterocycles. The maximum absolute atomic E-state index is 14.2. The number of aliphatic hydroxyl groups is 1. The third-order valence-electron chi connectivity index (χ3n) is 9.43. The molecule has 2 aliphatic heterocycles. The van der Waals surface area contributed by atoms with Gasteiger partial charge in [-0.15, -0.1) is 0 Å². The molecule has 0 bridgehead atoms. The Labute approximate surface area is 248 Å². The van der Waals surface area contributed by atoms with Crippen LogP contribution in [-0.4, -0.2) is 92.8 Å². The predicted octanol–water partition coefficient (Wildman–Crippen LogP) is 1.98. The normalized spacial score (nSPS) is 35.2. The topological polar surface area (TPSA) is 173 Å². The van der Waals surface area contributed by atoms with Crippen LogP contribution in [0.15, 0.2) is 12.2 Å². The third kappa shape index (κ3) is 6.17. The number of sulfonamides is 1. The van der Waals surface area contributed by atoms with Crippen molar-refractivity contribution in [2.24, 2.45) is 17.8 Å². The van der Waals surface area contributed by atoms with Crippen molar-refractivity contribution in [3.05, 3.63) is 12.2 Å². The van der Waals surface area contributed by atoms with Crippen LogP contribution in [-0.2, 0) is 24.4 Å². The molecule has 2 saturated carbocycles. The van der Waals surface area contributed by atoms with Crippen LogP contribution in [0.2, 0.25) is 0 Å². The third-order valence-corrected chi connectivity index (χ3v) is 11.6. The Morgan fingerprint density at radius 3 is 2.38 bits per heavy atom. The number of carbonyl (C=O) groups excluding carboxylic acids is 3. The van der Waals surface area contributed by atoms with Crippen molar-refractivity contribution in [1.82, 2.24) is 19.8 Å². The second kappa shape index (κ2) is 11.1. The molecule has 0 spiro atoms. The maximum atomic E-state index is 14.2. The highest BCUT2D eigenvalue weighted by Gasteiger charge is 2.63. The van der Waals surface area contributed by atoms with Crippen LogP contribution in [0.1, 0.15) is 86.5 Å². The van der Waals surface area contributed by atoms with Gasteiger partial charge < -0.3 is 20.4 Å². The molecule has 2 heterocycles. The number of rotatable bonds is 4. The van der Waals surface area contributed by atoms with E-state index < -0.39 is 79.7 Å². The lowest BCUT2D eigenvalue weighted by Crippen LogP contribution is -2.62. The number of fused-ring (bicyclic) bond motifs is 2. The number of carbonyl (C=O) groups is 4. The smallest absolute Gasteiger partial charge is 0.408 e. The minimum absolute atomic E-state index is 0.0910. The molecule has 2 aliphatic carbocycles. The van der Waals surface area contributed by atoms with Crippen LogP contribution in [0, 0.1) is 17.8 Å². The number of allylic oxidation sites excluding steroid dienone is 1. The van der Waals surface area contributed by atoms with Crippen LogP contribution in [0.4, 0.5) is 4.79 Å². The Morgan fingerprint density at radius 1 is 1.17 bits per heavy atom. The van der Waals surface area contributed by atoms with Crippen molar-refractivity contribution in [2.45, 2.75) is 121 Å². The fourth-order valence-corrected chi connectivity index (χ4v) is 7.81. The number of hydrogen-bond acceptors (Lipinski definition) is 7. The van der Waals surface area contributed by atoms with Gasteiger partial charge in [0.1, 0.15) is 17.6 Å². The summed E-state index contributed by atoms with van der Waals surface area (Å²) in [7, 11) is -3.96. The lowest BCUT2D eigenvalue weighted by Gasteiger charge is -2.43. The first-order chi connectivity index (χ1) is 19.3. The largest absolute Gasteiger partial charge is 0.465 e. The molecule has 236 valence electrons. The first kappa shape index (κ1) is 32.2. The Morgan fingerprint density at radius 2 is 1.81 bits per heavy atom. The zero-order valence-corrected chi connectivity index (χ0v) is 26.2. The predicted molar refractivity (Wildman–Crippen MR) is 155 cm³/mol. The molecule has 4 amide bonds. The number of amides is 4. The summed E-state index contributed by atoms with van der Waals surface area (Å²) < 4.78 is 26.9. The highest BCUT2D eigenvalue weighted by Crippen LogP contribution is 2.47. The SMILES string of the molecule is CC1CCC=C[C@@H]2C[C@@]2(C(=O)NS(=O)(=O)C2(C)CC2)NC(=O)[C@@H]2C[C@@H](O)CN2C(=O)[C@@H](N(C(=O)O)C(C)(C)C)[C@H](C)C1. The summed E-state index contributed by atoms with van der Waals surface area (Å²) in [5, 5.41) is 23.6. The molecule has 0 aromatic carbocycles.